The molecule has 0 fully saturated rings. The molecule has 21 heavy (non-hydrogen) atoms. The number of hydrogen-bond donors (Lipinski definition) is 1. The van der Waals surface area contributed by atoms with Crippen molar-refractivity contribution >= 4 is 23.3 Å². The van der Waals surface area contributed by atoms with E-state index in [1.165, 1.54) is 12.1 Å². The van der Waals surface area contributed by atoms with E-state index in [1.807, 2.05) is 0 Å². The summed E-state index contributed by atoms with van der Waals surface area (Å²) in [4.78, 5) is 21.2. The van der Waals surface area contributed by atoms with Crippen molar-refractivity contribution in [2.24, 2.45) is 0 Å². The first kappa shape index (κ1) is 17.2. The van der Waals surface area contributed by atoms with E-state index >= 15 is 0 Å². The smallest absolute Gasteiger partial charge is 0.401 e. The van der Waals surface area contributed by atoms with Crippen LogP contribution in [-0.4, -0.2) is 40.2 Å². The number of nitro benzene ring substituents is 1. The van der Waals surface area contributed by atoms with Crippen molar-refractivity contribution in [1.82, 2.24) is 4.90 Å². The van der Waals surface area contributed by atoms with Gasteiger partial charge in [0.05, 0.1) is 18.0 Å². The van der Waals surface area contributed by atoms with Gasteiger partial charge in [0.15, 0.2) is 0 Å². The van der Waals surface area contributed by atoms with Crippen molar-refractivity contribution in [1.29, 1.82) is 0 Å². The van der Waals surface area contributed by atoms with Crippen LogP contribution < -0.4 is 0 Å². The lowest BCUT2D eigenvalue weighted by molar-refractivity contribution is -0.385. The maximum absolute atomic E-state index is 12.4. The van der Waals surface area contributed by atoms with Crippen molar-refractivity contribution in [3.05, 3.63) is 38.9 Å². The highest BCUT2D eigenvalue weighted by molar-refractivity contribution is 6.30. The molecule has 0 atom stereocenters. The first-order valence-corrected chi connectivity index (χ1v) is 5.90. The van der Waals surface area contributed by atoms with Crippen LogP contribution in [-0.2, 0) is 11.3 Å². The average molecular weight is 327 g/mol. The predicted molar refractivity (Wildman–Crippen MR) is 67.1 cm³/mol. The summed E-state index contributed by atoms with van der Waals surface area (Å²) >= 11 is 5.60. The van der Waals surface area contributed by atoms with Gasteiger partial charge >= 0.3 is 12.1 Å². The highest BCUT2D eigenvalue weighted by atomic mass is 35.5. The minimum absolute atomic E-state index is 0.0464. The molecule has 0 heterocycles. The van der Waals surface area contributed by atoms with Crippen molar-refractivity contribution in [2.75, 3.05) is 13.1 Å². The summed E-state index contributed by atoms with van der Waals surface area (Å²) in [5, 5.41) is 19.5. The van der Waals surface area contributed by atoms with Gasteiger partial charge in [0.25, 0.3) is 5.69 Å². The second kappa shape index (κ2) is 6.72. The molecular weight excluding hydrogens is 317 g/mol. The Morgan fingerprint density at radius 1 is 1.43 bits per heavy atom. The van der Waals surface area contributed by atoms with Crippen LogP contribution in [0.5, 0.6) is 0 Å². The van der Waals surface area contributed by atoms with E-state index in [2.05, 4.69) is 0 Å². The maximum atomic E-state index is 12.4. The maximum Gasteiger partial charge on any atom is 0.401 e. The van der Waals surface area contributed by atoms with Crippen molar-refractivity contribution in [3.63, 3.8) is 0 Å². The monoisotopic (exact) mass is 326 g/mol. The fourth-order valence-electron chi connectivity index (χ4n) is 1.69. The molecule has 0 saturated heterocycles. The van der Waals surface area contributed by atoms with Crippen LogP contribution in [0.4, 0.5) is 18.9 Å². The van der Waals surface area contributed by atoms with Gasteiger partial charge < -0.3 is 5.11 Å². The largest absolute Gasteiger partial charge is 0.480 e. The Morgan fingerprint density at radius 3 is 2.52 bits per heavy atom. The van der Waals surface area contributed by atoms with E-state index in [0.29, 0.717) is 4.90 Å². The summed E-state index contributed by atoms with van der Waals surface area (Å²) in [6, 6.07) is 3.49. The summed E-state index contributed by atoms with van der Waals surface area (Å²) in [5.41, 5.74) is -0.505. The van der Waals surface area contributed by atoms with Gasteiger partial charge in [-0.2, -0.15) is 13.2 Å². The van der Waals surface area contributed by atoms with Crippen molar-refractivity contribution in [3.8, 4) is 0 Å². The number of rotatable bonds is 6. The quantitative estimate of drug-likeness (QED) is 0.642. The first-order valence-electron chi connectivity index (χ1n) is 5.52. The second-order valence-corrected chi connectivity index (χ2v) is 4.62. The van der Waals surface area contributed by atoms with E-state index in [9.17, 15) is 28.1 Å². The molecule has 0 unspecified atom stereocenters. The Kier molecular flexibility index (Phi) is 5.50. The van der Waals surface area contributed by atoms with E-state index in [4.69, 9.17) is 16.7 Å². The Balaban J connectivity index is 3.02. The number of nitrogens with zero attached hydrogens (tertiary/aromatic N) is 2. The molecule has 6 nitrogen and oxygen atoms in total. The number of halogens is 4. The van der Waals surface area contributed by atoms with Crippen molar-refractivity contribution < 1.29 is 28.0 Å². The van der Waals surface area contributed by atoms with Crippen LogP contribution in [0.3, 0.4) is 0 Å². The average Bonchev–Trinajstić information content (AvgIpc) is 2.28. The molecule has 0 aliphatic carbocycles. The predicted octanol–water partition coefficient (Wildman–Crippen LogP) is 2.70. The summed E-state index contributed by atoms with van der Waals surface area (Å²) < 4.78 is 37.2. The molecule has 0 aromatic heterocycles. The molecule has 1 rings (SSSR count). The molecule has 116 valence electrons. The number of benzene rings is 1. The van der Waals surface area contributed by atoms with E-state index in [-0.39, 0.29) is 10.6 Å². The van der Waals surface area contributed by atoms with Crippen LogP contribution in [0.1, 0.15) is 5.56 Å². The summed E-state index contributed by atoms with van der Waals surface area (Å²) in [5.74, 6) is -1.46. The number of hydrogen-bond acceptors (Lipinski definition) is 4. The number of carboxylic acids is 1. The molecule has 10 heteroatoms. The van der Waals surface area contributed by atoms with Gasteiger partial charge in [-0.1, -0.05) is 11.6 Å². The van der Waals surface area contributed by atoms with Crippen LogP contribution in [0.2, 0.25) is 5.02 Å². The molecular formula is C11H10ClF3N2O4. The van der Waals surface area contributed by atoms with Gasteiger partial charge in [0.1, 0.15) is 0 Å². The zero-order chi connectivity index (χ0) is 16.2. The molecule has 0 amide bonds. The minimum atomic E-state index is -4.61. The molecule has 1 aromatic rings. The number of aliphatic carboxylic acids is 1. The van der Waals surface area contributed by atoms with Gasteiger partial charge in [-0.3, -0.25) is 19.8 Å². The topological polar surface area (TPSA) is 83.7 Å². The fraction of sp³-hybridized carbons (Fsp3) is 0.364. The fourth-order valence-corrected chi connectivity index (χ4v) is 1.86. The third-order valence-corrected chi connectivity index (χ3v) is 2.63. The minimum Gasteiger partial charge on any atom is -0.480 e. The molecule has 0 radical (unpaired) electrons. The van der Waals surface area contributed by atoms with E-state index in [0.717, 1.165) is 6.07 Å². The molecule has 0 aliphatic heterocycles. The standard InChI is InChI=1S/C11H10ClF3N2O4/c12-8-2-1-7(9(3-8)17(20)21)4-16(5-10(18)19)6-11(13,14)15/h1-3H,4-6H2,(H,18,19). The third kappa shape index (κ3) is 5.96. The third-order valence-electron chi connectivity index (χ3n) is 2.40. The Bertz CT molecular complexity index is 551. The second-order valence-electron chi connectivity index (χ2n) is 4.18. The summed E-state index contributed by atoms with van der Waals surface area (Å²) in [6.07, 6.45) is -4.61. The molecule has 1 N–H and O–H groups in total. The number of alkyl halides is 3. The Labute approximate surface area is 121 Å². The number of nitro groups is 1. The molecule has 0 spiro atoms. The van der Waals surface area contributed by atoms with Crippen LogP contribution in [0.15, 0.2) is 18.2 Å². The lowest BCUT2D eigenvalue weighted by Crippen LogP contribution is -2.37. The van der Waals surface area contributed by atoms with Crippen molar-refractivity contribution in [2.45, 2.75) is 12.7 Å². The van der Waals surface area contributed by atoms with Gasteiger partial charge in [0.2, 0.25) is 0 Å². The zero-order valence-electron chi connectivity index (χ0n) is 10.4. The van der Waals surface area contributed by atoms with Crippen LogP contribution >= 0.6 is 11.6 Å². The number of carbonyl (C=O) groups is 1. The molecule has 1 aromatic carbocycles. The summed E-state index contributed by atoms with van der Waals surface area (Å²) in [7, 11) is 0. The van der Waals surface area contributed by atoms with E-state index in [1.54, 1.807) is 0 Å². The van der Waals surface area contributed by atoms with Gasteiger partial charge in [-0.05, 0) is 12.1 Å². The highest BCUT2D eigenvalue weighted by Gasteiger charge is 2.32. The van der Waals surface area contributed by atoms with Gasteiger partial charge in [-0.15, -0.1) is 0 Å². The van der Waals surface area contributed by atoms with E-state index < -0.39 is 42.4 Å². The zero-order valence-corrected chi connectivity index (χ0v) is 11.2. The lowest BCUT2D eigenvalue weighted by atomic mass is 10.1. The molecule has 0 bridgehead atoms. The normalized spacial score (nSPS) is 11.7. The summed E-state index contributed by atoms with van der Waals surface area (Å²) in [6.45, 7) is -2.91. The highest BCUT2D eigenvalue weighted by Crippen LogP contribution is 2.26. The lowest BCUT2D eigenvalue weighted by Gasteiger charge is -2.21. The van der Waals surface area contributed by atoms with Gasteiger partial charge in [-0.25, -0.2) is 0 Å². The van der Waals surface area contributed by atoms with Crippen LogP contribution in [0.25, 0.3) is 0 Å². The number of carboxylic acid groups (broad SMARTS) is 1. The first-order chi connectivity index (χ1) is 9.58. The Morgan fingerprint density at radius 2 is 2.05 bits per heavy atom. The molecule has 0 saturated carbocycles. The molecule has 0 aliphatic rings. The SMILES string of the molecule is O=C(O)CN(Cc1ccc(Cl)cc1[N+](=O)[O-])CC(F)(F)F. The Hall–Kier alpha value is -1.87. The van der Waals surface area contributed by atoms with Crippen LogP contribution in [0, 0.1) is 10.1 Å². The van der Waals surface area contributed by atoms with Gasteiger partial charge in [0, 0.05) is 23.2 Å².